The van der Waals surface area contributed by atoms with E-state index >= 15 is 0 Å². The lowest BCUT2D eigenvalue weighted by Gasteiger charge is -2.12. The molecule has 0 atom stereocenters. The van der Waals surface area contributed by atoms with Crippen molar-refractivity contribution >= 4 is 5.91 Å². The number of para-hydroxylation sites is 1. The first-order chi connectivity index (χ1) is 10.0. The first kappa shape index (κ1) is 15.2. The Morgan fingerprint density at radius 1 is 1.38 bits per heavy atom. The second kappa shape index (κ2) is 6.49. The highest BCUT2D eigenvalue weighted by Crippen LogP contribution is 2.23. The normalized spacial score (nSPS) is 10.9. The number of aliphatic hydroxyl groups excluding tert-OH is 1. The zero-order chi connectivity index (χ0) is 15.4. The highest BCUT2D eigenvalue weighted by Gasteiger charge is 2.17. The number of aliphatic hydroxyl groups is 1. The van der Waals surface area contributed by atoms with Crippen LogP contribution in [0.15, 0.2) is 24.3 Å². The Hall–Kier alpha value is -2.21. The standard InChI is InChI=1S/C15H20N4O2/c1-10(2)12-6-4-5-7-13(12)19-11(3)17-14(18-19)15(21)16-8-9-20/h4-7,10,20H,8-9H2,1-3H3,(H,16,21). The molecule has 112 valence electrons. The molecule has 0 unspecified atom stereocenters. The van der Waals surface area contributed by atoms with Crippen LogP contribution in [-0.4, -0.2) is 38.9 Å². The molecule has 0 fully saturated rings. The summed E-state index contributed by atoms with van der Waals surface area (Å²) in [5.41, 5.74) is 2.08. The lowest BCUT2D eigenvalue weighted by molar-refractivity contribution is 0.0934. The smallest absolute Gasteiger partial charge is 0.291 e. The van der Waals surface area contributed by atoms with Gasteiger partial charge in [0, 0.05) is 6.54 Å². The Kier molecular flexibility index (Phi) is 4.70. The van der Waals surface area contributed by atoms with E-state index in [0.29, 0.717) is 11.7 Å². The summed E-state index contributed by atoms with van der Waals surface area (Å²) < 4.78 is 1.68. The van der Waals surface area contributed by atoms with E-state index in [1.807, 2.05) is 31.2 Å². The summed E-state index contributed by atoms with van der Waals surface area (Å²) in [6.45, 7) is 6.11. The van der Waals surface area contributed by atoms with Crippen LogP contribution in [0.5, 0.6) is 0 Å². The molecule has 0 saturated heterocycles. The number of aromatic nitrogens is 3. The van der Waals surface area contributed by atoms with Crippen LogP contribution in [0.25, 0.3) is 5.69 Å². The Labute approximate surface area is 123 Å². The number of aryl methyl sites for hydroxylation is 1. The van der Waals surface area contributed by atoms with Crippen LogP contribution in [-0.2, 0) is 0 Å². The molecule has 2 rings (SSSR count). The Morgan fingerprint density at radius 3 is 2.76 bits per heavy atom. The van der Waals surface area contributed by atoms with Gasteiger partial charge in [-0.25, -0.2) is 9.67 Å². The summed E-state index contributed by atoms with van der Waals surface area (Å²) in [6.07, 6.45) is 0. The fourth-order valence-corrected chi connectivity index (χ4v) is 2.13. The predicted molar refractivity (Wildman–Crippen MR) is 79.6 cm³/mol. The molecule has 0 aliphatic heterocycles. The van der Waals surface area contributed by atoms with Crippen molar-refractivity contribution in [2.45, 2.75) is 26.7 Å². The summed E-state index contributed by atoms with van der Waals surface area (Å²) in [5.74, 6) is 0.723. The zero-order valence-corrected chi connectivity index (χ0v) is 12.5. The predicted octanol–water partition coefficient (Wildman–Crippen LogP) is 1.42. The zero-order valence-electron chi connectivity index (χ0n) is 12.5. The Balaban J connectivity index is 2.38. The number of carbonyl (C=O) groups is 1. The third-order valence-corrected chi connectivity index (χ3v) is 3.16. The SMILES string of the molecule is Cc1nc(C(=O)NCCO)nn1-c1ccccc1C(C)C. The minimum atomic E-state index is -0.382. The van der Waals surface area contributed by atoms with Crippen molar-refractivity contribution in [1.29, 1.82) is 0 Å². The van der Waals surface area contributed by atoms with E-state index in [4.69, 9.17) is 5.11 Å². The highest BCUT2D eigenvalue weighted by molar-refractivity contribution is 5.90. The monoisotopic (exact) mass is 288 g/mol. The molecule has 6 heteroatoms. The van der Waals surface area contributed by atoms with Gasteiger partial charge in [0.15, 0.2) is 0 Å². The number of hydrogen-bond donors (Lipinski definition) is 2. The van der Waals surface area contributed by atoms with Gasteiger partial charge in [0.25, 0.3) is 5.91 Å². The average Bonchev–Trinajstić information content (AvgIpc) is 2.86. The molecule has 0 bridgehead atoms. The Morgan fingerprint density at radius 2 is 2.10 bits per heavy atom. The van der Waals surface area contributed by atoms with Gasteiger partial charge in [0.2, 0.25) is 5.82 Å². The maximum Gasteiger partial charge on any atom is 0.291 e. The van der Waals surface area contributed by atoms with Gasteiger partial charge in [-0.1, -0.05) is 32.0 Å². The first-order valence-electron chi connectivity index (χ1n) is 6.96. The molecule has 0 aliphatic rings. The summed E-state index contributed by atoms with van der Waals surface area (Å²) in [4.78, 5) is 16.1. The first-order valence-corrected chi connectivity index (χ1v) is 6.96. The van der Waals surface area contributed by atoms with Crippen molar-refractivity contribution in [3.63, 3.8) is 0 Å². The fourth-order valence-electron chi connectivity index (χ4n) is 2.13. The molecule has 2 aromatic rings. The van der Waals surface area contributed by atoms with Crippen LogP contribution in [0.4, 0.5) is 0 Å². The van der Waals surface area contributed by atoms with Crippen LogP contribution in [0.1, 0.15) is 41.8 Å². The Bertz CT molecular complexity index is 634. The lowest BCUT2D eigenvalue weighted by Crippen LogP contribution is -2.27. The van der Waals surface area contributed by atoms with Crippen LogP contribution >= 0.6 is 0 Å². The van der Waals surface area contributed by atoms with Crippen LogP contribution < -0.4 is 5.32 Å². The number of benzene rings is 1. The highest BCUT2D eigenvalue weighted by atomic mass is 16.3. The third-order valence-electron chi connectivity index (χ3n) is 3.16. The van der Waals surface area contributed by atoms with E-state index < -0.39 is 0 Å². The average molecular weight is 288 g/mol. The molecule has 0 saturated carbocycles. The van der Waals surface area contributed by atoms with Gasteiger partial charge in [-0.15, -0.1) is 5.10 Å². The van der Waals surface area contributed by atoms with Crippen molar-refractivity contribution in [1.82, 2.24) is 20.1 Å². The van der Waals surface area contributed by atoms with E-state index in [-0.39, 0.29) is 24.9 Å². The van der Waals surface area contributed by atoms with Gasteiger partial charge in [-0.3, -0.25) is 4.79 Å². The molecule has 0 spiro atoms. The number of hydrogen-bond acceptors (Lipinski definition) is 4. The number of amides is 1. The molecule has 0 aliphatic carbocycles. The minimum Gasteiger partial charge on any atom is -0.395 e. The fraction of sp³-hybridized carbons (Fsp3) is 0.400. The van der Waals surface area contributed by atoms with Crippen molar-refractivity contribution in [2.75, 3.05) is 13.2 Å². The third kappa shape index (κ3) is 3.28. The van der Waals surface area contributed by atoms with Gasteiger partial charge in [-0.05, 0) is 24.5 Å². The van der Waals surface area contributed by atoms with Gasteiger partial charge < -0.3 is 10.4 Å². The van der Waals surface area contributed by atoms with Gasteiger partial charge >= 0.3 is 0 Å². The molecule has 1 aromatic carbocycles. The number of carbonyl (C=O) groups excluding carboxylic acids is 1. The van der Waals surface area contributed by atoms with Crippen molar-refractivity contribution in [3.8, 4) is 5.69 Å². The maximum atomic E-state index is 11.9. The molecule has 1 heterocycles. The quantitative estimate of drug-likeness (QED) is 0.872. The van der Waals surface area contributed by atoms with Gasteiger partial charge in [0.1, 0.15) is 5.82 Å². The minimum absolute atomic E-state index is 0.110. The van der Waals surface area contributed by atoms with E-state index in [0.717, 1.165) is 11.3 Å². The topological polar surface area (TPSA) is 80.0 Å². The van der Waals surface area contributed by atoms with E-state index in [2.05, 4.69) is 29.2 Å². The molecule has 2 N–H and O–H groups in total. The molecule has 1 aromatic heterocycles. The van der Waals surface area contributed by atoms with E-state index in [9.17, 15) is 4.79 Å². The lowest BCUT2D eigenvalue weighted by atomic mass is 10.0. The van der Waals surface area contributed by atoms with Crippen molar-refractivity contribution < 1.29 is 9.90 Å². The van der Waals surface area contributed by atoms with E-state index in [1.165, 1.54) is 0 Å². The summed E-state index contributed by atoms with van der Waals surface area (Å²) in [5, 5.41) is 15.6. The second-order valence-corrected chi connectivity index (χ2v) is 5.09. The molecule has 1 amide bonds. The largest absolute Gasteiger partial charge is 0.395 e. The van der Waals surface area contributed by atoms with Crippen LogP contribution in [0, 0.1) is 6.92 Å². The van der Waals surface area contributed by atoms with Crippen LogP contribution in [0.3, 0.4) is 0 Å². The van der Waals surface area contributed by atoms with E-state index in [1.54, 1.807) is 4.68 Å². The van der Waals surface area contributed by atoms with Gasteiger partial charge in [0.05, 0.1) is 12.3 Å². The van der Waals surface area contributed by atoms with Crippen LogP contribution in [0.2, 0.25) is 0 Å². The summed E-state index contributed by atoms with van der Waals surface area (Å²) >= 11 is 0. The second-order valence-electron chi connectivity index (χ2n) is 5.09. The number of nitrogens with one attached hydrogen (secondary N) is 1. The summed E-state index contributed by atoms with van der Waals surface area (Å²) in [7, 11) is 0. The molecule has 6 nitrogen and oxygen atoms in total. The number of nitrogens with zero attached hydrogens (tertiary/aromatic N) is 3. The molecule has 0 radical (unpaired) electrons. The van der Waals surface area contributed by atoms with Gasteiger partial charge in [-0.2, -0.15) is 0 Å². The summed E-state index contributed by atoms with van der Waals surface area (Å²) in [6, 6.07) is 7.94. The maximum absolute atomic E-state index is 11.9. The molecular weight excluding hydrogens is 268 g/mol. The molecule has 21 heavy (non-hydrogen) atoms. The van der Waals surface area contributed by atoms with Crippen molar-refractivity contribution in [3.05, 3.63) is 41.5 Å². The molecular formula is C15H20N4O2. The number of rotatable bonds is 5. The van der Waals surface area contributed by atoms with Crippen molar-refractivity contribution in [2.24, 2.45) is 0 Å².